The highest BCUT2D eigenvalue weighted by Crippen LogP contribution is 2.40. The number of aromatic nitrogens is 1. The highest BCUT2D eigenvalue weighted by Gasteiger charge is 2.41. The van der Waals surface area contributed by atoms with E-state index in [1.165, 1.54) is 0 Å². The highest BCUT2D eigenvalue weighted by atomic mass is 35.5. The first-order valence-electron chi connectivity index (χ1n) is 7.86. The molecule has 0 aliphatic rings. The summed E-state index contributed by atoms with van der Waals surface area (Å²) in [7, 11) is -1.76. The van der Waals surface area contributed by atoms with Crippen LogP contribution in [-0.2, 0) is 0 Å². The minimum absolute atomic E-state index is 0.496. The van der Waals surface area contributed by atoms with Crippen molar-refractivity contribution < 1.29 is 4.42 Å². The van der Waals surface area contributed by atoms with E-state index < -0.39 is 8.07 Å². The second-order valence-corrected chi connectivity index (χ2v) is 12.8. The Morgan fingerprint density at radius 3 is 2.18 bits per heavy atom. The van der Waals surface area contributed by atoms with E-state index in [-0.39, 0.29) is 0 Å². The number of nitrogens with zero attached hydrogens (tertiary/aromatic N) is 1. The first-order chi connectivity index (χ1) is 10.3. The summed E-state index contributed by atoms with van der Waals surface area (Å²) >= 11 is 5.99. The predicted molar refractivity (Wildman–Crippen MR) is 96.9 cm³/mol. The number of halogens is 1. The first kappa shape index (κ1) is 17.1. The summed E-state index contributed by atoms with van der Waals surface area (Å²) < 4.78 is 5.74. The van der Waals surface area contributed by atoms with Gasteiger partial charge < -0.3 is 4.42 Å². The Bertz CT molecular complexity index is 700. The largest absolute Gasteiger partial charge is 0.430 e. The topological polar surface area (TPSA) is 26.0 Å². The molecule has 1 aromatic carbocycles. The lowest BCUT2D eigenvalue weighted by atomic mass is 10.3. The van der Waals surface area contributed by atoms with Gasteiger partial charge in [-0.2, -0.15) is 0 Å². The summed E-state index contributed by atoms with van der Waals surface area (Å²) in [6.45, 7) is 13.8. The summed E-state index contributed by atoms with van der Waals surface area (Å²) in [5.41, 5.74) is 6.91. The van der Waals surface area contributed by atoms with Crippen LogP contribution in [0.25, 0.3) is 11.1 Å². The number of hydrogen-bond acceptors (Lipinski definition) is 2. The van der Waals surface area contributed by atoms with Gasteiger partial charge in [-0.25, -0.2) is 4.98 Å². The van der Waals surface area contributed by atoms with Crippen molar-refractivity contribution in [1.82, 2.24) is 4.98 Å². The molecule has 0 N–H and O–H groups in total. The summed E-state index contributed by atoms with van der Waals surface area (Å²) in [6.07, 6.45) is 0. The van der Waals surface area contributed by atoms with E-state index in [2.05, 4.69) is 58.0 Å². The summed E-state index contributed by atoms with van der Waals surface area (Å²) in [5, 5.41) is 0.663. The van der Waals surface area contributed by atoms with Crippen molar-refractivity contribution in [2.45, 2.75) is 58.2 Å². The van der Waals surface area contributed by atoms with Gasteiger partial charge in [0.1, 0.15) is 13.6 Å². The van der Waals surface area contributed by atoms with Gasteiger partial charge in [0.2, 0.25) is 0 Å². The van der Waals surface area contributed by atoms with Crippen molar-refractivity contribution in [2.24, 2.45) is 0 Å². The number of rotatable bonds is 3. The van der Waals surface area contributed by atoms with Crippen molar-refractivity contribution in [3.63, 3.8) is 0 Å². The minimum Gasteiger partial charge on any atom is -0.430 e. The van der Waals surface area contributed by atoms with E-state index in [9.17, 15) is 0 Å². The highest BCUT2D eigenvalue weighted by molar-refractivity contribution is 6.90. The van der Waals surface area contributed by atoms with Crippen molar-refractivity contribution in [3.05, 3.63) is 29.1 Å². The molecule has 0 amide bonds. The normalized spacial score (nSPS) is 12.3. The molecule has 1 heterocycles. The lowest BCUT2D eigenvalue weighted by Gasteiger charge is -2.37. The van der Waals surface area contributed by atoms with Crippen LogP contribution >= 0.6 is 11.6 Å². The molecule has 2 rings (SSSR count). The smallest absolute Gasteiger partial charge is 0.273 e. The van der Waals surface area contributed by atoms with E-state index in [0.29, 0.717) is 27.5 Å². The molecule has 0 radical (unpaired) electrons. The minimum atomic E-state index is -1.76. The SMILES string of the molecule is CC(C)[Si](C#Cc1nc2cc(Cl)ccc2o1)(C(C)C)C(C)C. The van der Waals surface area contributed by atoms with Gasteiger partial charge in [-0.1, -0.05) is 53.1 Å². The fraction of sp³-hybridized carbons (Fsp3) is 0.500. The molecule has 0 saturated heterocycles. The summed E-state index contributed by atoms with van der Waals surface area (Å²) in [4.78, 5) is 4.45. The number of hydrogen-bond donors (Lipinski definition) is 0. The summed E-state index contributed by atoms with van der Waals surface area (Å²) in [6, 6.07) is 5.46. The van der Waals surface area contributed by atoms with Crippen LogP contribution in [0.4, 0.5) is 0 Å². The molecule has 118 valence electrons. The van der Waals surface area contributed by atoms with Gasteiger partial charge in [0, 0.05) is 5.02 Å². The maximum atomic E-state index is 5.99. The van der Waals surface area contributed by atoms with Crippen LogP contribution in [0.15, 0.2) is 22.6 Å². The average molecular weight is 334 g/mol. The van der Waals surface area contributed by atoms with Gasteiger partial charge in [0.05, 0.1) is 0 Å². The molecule has 0 atom stereocenters. The second-order valence-electron chi connectivity index (χ2n) is 6.78. The maximum Gasteiger partial charge on any atom is 0.273 e. The van der Waals surface area contributed by atoms with Crippen LogP contribution in [-0.4, -0.2) is 13.1 Å². The van der Waals surface area contributed by atoms with E-state index in [1.807, 2.05) is 18.2 Å². The van der Waals surface area contributed by atoms with Crippen molar-refractivity contribution in [2.75, 3.05) is 0 Å². The Hall–Kier alpha value is -1.24. The number of fused-ring (bicyclic) bond motifs is 1. The van der Waals surface area contributed by atoms with Gasteiger partial charge in [-0.05, 0) is 40.7 Å². The third-order valence-corrected chi connectivity index (χ3v) is 11.1. The molecule has 0 unspecified atom stereocenters. The zero-order valence-corrected chi connectivity index (χ0v) is 16.0. The van der Waals surface area contributed by atoms with E-state index in [4.69, 9.17) is 16.0 Å². The van der Waals surface area contributed by atoms with Crippen molar-refractivity contribution >= 4 is 30.8 Å². The molecule has 4 heteroatoms. The van der Waals surface area contributed by atoms with Crippen LogP contribution in [0.1, 0.15) is 47.4 Å². The molecule has 22 heavy (non-hydrogen) atoms. The monoisotopic (exact) mass is 333 g/mol. The van der Waals surface area contributed by atoms with Crippen LogP contribution in [0.5, 0.6) is 0 Å². The molecule has 2 aromatic rings. The van der Waals surface area contributed by atoms with E-state index >= 15 is 0 Å². The third-order valence-electron chi connectivity index (χ3n) is 4.60. The molecule has 2 nitrogen and oxygen atoms in total. The predicted octanol–water partition coefficient (Wildman–Crippen LogP) is 6.05. The van der Waals surface area contributed by atoms with Crippen molar-refractivity contribution in [1.29, 1.82) is 0 Å². The Labute approximate surface area is 139 Å². The molecule has 0 bridgehead atoms. The Balaban J connectivity index is 2.47. The fourth-order valence-electron chi connectivity index (χ4n) is 3.55. The molecular formula is C18H24ClNOSi. The average Bonchev–Trinajstić information content (AvgIpc) is 2.79. The first-order valence-corrected chi connectivity index (χ1v) is 10.5. The van der Waals surface area contributed by atoms with Crippen LogP contribution in [0.2, 0.25) is 21.6 Å². The third kappa shape index (κ3) is 3.09. The summed E-state index contributed by atoms with van der Waals surface area (Å²) in [5.74, 6) is 3.73. The zero-order chi connectivity index (χ0) is 16.5. The number of benzene rings is 1. The lowest BCUT2D eigenvalue weighted by molar-refractivity contribution is 0.586. The number of oxazole rings is 1. The molecule has 0 aliphatic carbocycles. The van der Waals surface area contributed by atoms with Gasteiger partial charge in [-0.3, -0.25) is 0 Å². The quantitative estimate of drug-likeness (QED) is 0.504. The van der Waals surface area contributed by atoms with E-state index in [0.717, 1.165) is 11.1 Å². The van der Waals surface area contributed by atoms with E-state index in [1.54, 1.807) is 0 Å². The molecule has 0 spiro atoms. The Morgan fingerprint density at radius 1 is 1.05 bits per heavy atom. The van der Waals surface area contributed by atoms with Gasteiger partial charge in [0.15, 0.2) is 5.58 Å². The molecule has 0 fully saturated rings. The zero-order valence-electron chi connectivity index (χ0n) is 14.2. The Kier molecular flexibility index (Phi) is 5.04. The lowest BCUT2D eigenvalue weighted by Crippen LogP contribution is -2.43. The molecule has 0 aliphatic heterocycles. The van der Waals surface area contributed by atoms with Crippen LogP contribution in [0.3, 0.4) is 0 Å². The van der Waals surface area contributed by atoms with Gasteiger partial charge >= 0.3 is 0 Å². The van der Waals surface area contributed by atoms with Crippen LogP contribution in [0, 0.1) is 11.5 Å². The van der Waals surface area contributed by atoms with Crippen LogP contribution < -0.4 is 0 Å². The molecular weight excluding hydrogens is 310 g/mol. The standard InChI is InChI=1S/C18H24ClNOSi/c1-12(2)22(13(3)4,14(5)6)10-9-18-20-16-11-15(19)7-8-17(16)21-18/h7-8,11-14H,1-6H3. The Morgan fingerprint density at radius 2 is 1.64 bits per heavy atom. The second kappa shape index (κ2) is 6.48. The van der Waals surface area contributed by atoms with Crippen molar-refractivity contribution in [3.8, 4) is 11.5 Å². The molecule has 0 saturated carbocycles. The fourth-order valence-corrected chi connectivity index (χ4v) is 8.90. The van der Waals surface area contributed by atoms with Gasteiger partial charge in [-0.15, -0.1) is 5.54 Å². The van der Waals surface area contributed by atoms with Gasteiger partial charge in [0.25, 0.3) is 5.89 Å². The molecule has 1 aromatic heterocycles. The maximum absolute atomic E-state index is 5.99.